The number of aromatic nitrogens is 2. The maximum atomic E-state index is 12.8. The van der Waals surface area contributed by atoms with Crippen molar-refractivity contribution in [2.45, 2.75) is 23.7 Å². The first-order chi connectivity index (χ1) is 14.0. The second-order valence-corrected chi connectivity index (χ2v) is 9.64. The highest BCUT2D eigenvalue weighted by atomic mass is 79.9. The number of methoxy groups -OCH3 is 1. The van der Waals surface area contributed by atoms with Crippen LogP contribution in [0.2, 0.25) is 0 Å². The average Bonchev–Trinajstić information content (AvgIpc) is 3.24. The first-order valence-corrected chi connectivity index (χ1v) is 11.4. The van der Waals surface area contributed by atoms with Gasteiger partial charge in [-0.3, -0.25) is 0 Å². The van der Waals surface area contributed by atoms with E-state index in [1.165, 1.54) is 4.31 Å². The van der Waals surface area contributed by atoms with Gasteiger partial charge in [0.1, 0.15) is 5.75 Å². The van der Waals surface area contributed by atoms with E-state index < -0.39 is 10.0 Å². The Morgan fingerprint density at radius 3 is 2.48 bits per heavy atom. The maximum absolute atomic E-state index is 12.8. The van der Waals surface area contributed by atoms with Crippen LogP contribution in [0.15, 0.2) is 62.4 Å². The molecule has 1 aromatic heterocycles. The van der Waals surface area contributed by atoms with E-state index in [1.54, 1.807) is 31.4 Å². The van der Waals surface area contributed by atoms with Gasteiger partial charge < -0.3 is 9.26 Å². The van der Waals surface area contributed by atoms with Gasteiger partial charge in [0.25, 0.3) is 0 Å². The lowest BCUT2D eigenvalue weighted by Gasteiger charge is -2.29. The number of piperidine rings is 1. The van der Waals surface area contributed by atoms with E-state index in [0.717, 1.165) is 10.0 Å². The molecule has 2 aromatic carbocycles. The van der Waals surface area contributed by atoms with Crippen molar-refractivity contribution in [3.63, 3.8) is 0 Å². The lowest BCUT2D eigenvalue weighted by Crippen LogP contribution is -2.37. The van der Waals surface area contributed by atoms with E-state index in [1.807, 2.05) is 24.3 Å². The fourth-order valence-electron chi connectivity index (χ4n) is 3.44. The Bertz CT molecular complexity index is 1090. The van der Waals surface area contributed by atoms with Gasteiger partial charge in [-0.25, -0.2) is 8.42 Å². The van der Waals surface area contributed by atoms with Crippen molar-refractivity contribution >= 4 is 26.0 Å². The van der Waals surface area contributed by atoms with Gasteiger partial charge in [-0.05, 0) is 49.2 Å². The third-order valence-corrected chi connectivity index (χ3v) is 7.49. The molecule has 7 nitrogen and oxygen atoms in total. The summed E-state index contributed by atoms with van der Waals surface area (Å²) in [6.07, 6.45) is 1.26. The summed E-state index contributed by atoms with van der Waals surface area (Å²) in [6.45, 7) is 0.824. The zero-order valence-corrected chi connectivity index (χ0v) is 18.2. The summed E-state index contributed by atoms with van der Waals surface area (Å²) in [4.78, 5) is 4.84. The summed E-state index contributed by atoms with van der Waals surface area (Å²) in [5, 5.41) is 4.09. The predicted molar refractivity (Wildman–Crippen MR) is 111 cm³/mol. The van der Waals surface area contributed by atoms with Gasteiger partial charge in [-0.15, -0.1) is 0 Å². The Labute approximate surface area is 177 Å². The molecule has 0 aliphatic carbocycles. The monoisotopic (exact) mass is 477 g/mol. The third-order valence-electron chi connectivity index (χ3n) is 5.04. The highest BCUT2D eigenvalue weighted by molar-refractivity contribution is 9.10. The van der Waals surface area contributed by atoms with Crippen molar-refractivity contribution in [3.8, 4) is 17.1 Å². The van der Waals surface area contributed by atoms with Crippen molar-refractivity contribution in [1.29, 1.82) is 0 Å². The normalized spacial score (nSPS) is 16.1. The van der Waals surface area contributed by atoms with E-state index in [2.05, 4.69) is 26.1 Å². The fourth-order valence-corrected chi connectivity index (χ4v) is 5.17. The number of benzene rings is 2. The zero-order valence-electron chi connectivity index (χ0n) is 15.8. The molecule has 0 saturated carbocycles. The standard InChI is InChI=1S/C20H20BrN3O4S/c1-27-18-5-3-2-4-17(18)19-22-20(28-23-19)14-10-12-24(13-11-14)29(25,26)16-8-6-15(21)7-9-16/h2-9,14H,10-13H2,1H3. The lowest BCUT2D eigenvalue weighted by molar-refractivity contribution is 0.270. The van der Waals surface area contributed by atoms with Gasteiger partial charge in [0.15, 0.2) is 0 Å². The molecule has 1 aliphatic heterocycles. The van der Waals surface area contributed by atoms with Crippen LogP contribution in [0.5, 0.6) is 5.75 Å². The highest BCUT2D eigenvalue weighted by Gasteiger charge is 2.32. The third kappa shape index (κ3) is 4.08. The summed E-state index contributed by atoms with van der Waals surface area (Å²) < 4.78 is 38.9. The van der Waals surface area contributed by atoms with Gasteiger partial charge in [0, 0.05) is 23.5 Å². The second kappa shape index (κ2) is 8.25. The number of hydrogen-bond acceptors (Lipinski definition) is 6. The molecule has 1 saturated heterocycles. The molecule has 29 heavy (non-hydrogen) atoms. The molecule has 0 bridgehead atoms. The SMILES string of the molecule is COc1ccccc1-c1noc(C2CCN(S(=O)(=O)c3ccc(Br)cc3)CC2)n1. The van der Waals surface area contributed by atoms with Crippen molar-refractivity contribution in [1.82, 2.24) is 14.4 Å². The summed E-state index contributed by atoms with van der Waals surface area (Å²) >= 11 is 3.33. The van der Waals surface area contributed by atoms with Crippen molar-refractivity contribution in [3.05, 3.63) is 58.9 Å². The van der Waals surface area contributed by atoms with Crippen LogP contribution in [0.25, 0.3) is 11.4 Å². The van der Waals surface area contributed by atoms with Crippen molar-refractivity contribution in [2.75, 3.05) is 20.2 Å². The summed E-state index contributed by atoms with van der Waals surface area (Å²) in [5.41, 5.74) is 0.764. The molecule has 0 radical (unpaired) electrons. The molecule has 1 aliphatic rings. The smallest absolute Gasteiger partial charge is 0.243 e. The molecular formula is C20H20BrN3O4S. The Hall–Kier alpha value is -2.23. The van der Waals surface area contributed by atoms with Crippen LogP contribution in [0.3, 0.4) is 0 Å². The topological polar surface area (TPSA) is 85.5 Å². The van der Waals surface area contributed by atoms with E-state index in [0.29, 0.717) is 48.3 Å². The number of para-hydroxylation sites is 1. The fraction of sp³-hybridized carbons (Fsp3) is 0.300. The number of halogens is 1. The number of rotatable bonds is 5. The van der Waals surface area contributed by atoms with Crippen molar-refractivity contribution in [2.24, 2.45) is 0 Å². The summed E-state index contributed by atoms with van der Waals surface area (Å²) in [7, 11) is -1.90. The zero-order chi connectivity index (χ0) is 20.4. The van der Waals surface area contributed by atoms with Crippen LogP contribution in [0.1, 0.15) is 24.7 Å². The molecule has 0 N–H and O–H groups in total. The predicted octanol–water partition coefficient (Wildman–Crippen LogP) is 4.08. The Morgan fingerprint density at radius 2 is 1.79 bits per heavy atom. The lowest BCUT2D eigenvalue weighted by atomic mass is 9.98. The van der Waals surface area contributed by atoms with Gasteiger partial charge >= 0.3 is 0 Å². The molecular weight excluding hydrogens is 458 g/mol. The molecule has 0 amide bonds. The molecule has 9 heteroatoms. The number of sulfonamides is 1. The average molecular weight is 478 g/mol. The van der Waals surface area contributed by atoms with E-state index in [-0.39, 0.29) is 5.92 Å². The summed E-state index contributed by atoms with van der Waals surface area (Å²) in [5.74, 6) is 1.71. The van der Waals surface area contributed by atoms with Crippen LogP contribution in [0, 0.1) is 0 Å². The molecule has 0 atom stereocenters. The Kier molecular flexibility index (Phi) is 5.71. The first kappa shape index (κ1) is 20.1. The highest BCUT2D eigenvalue weighted by Crippen LogP contribution is 2.33. The van der Waals surface area contributed by atoms with E-state index in [9.17, 15) is 8.42 Å². The molecule has 3 aromatic rings. The minimum absolute atomic E-state index is 0.0299. The molecule has 0 spiro atoms. The Morgan fingerprint density at radius 1 is 1.10 bits per heavy atom. The quantitative estimate of drug-likeness (QED) is 0.550. The van der Waals surface area contributed by atoms with Gasteiger partial charge in [0.2, 0.25) is 21.7 Å². The van der Waals surface area contributed by atoms with Crippen LogP contribution < -0.4 is 4.74 Å². The van der Waals surface area contributed by atoms with Crippen LogP contribution in [-0.2, 0) is 10.0 Å². The second-order valence-electron chi connectivity index (χ2n) is 6.79. The van der Waals surface area contributed by atoms with Crippen molar-refractivity contribution < 1.29 is 17.7 Å². The minimum Gasteiger partial charge on any atom is -0.496 e. The molecule has 1 fully saturated rings. The minimum atomic E-state index is -3.50. The van der Waals surface area contributed by atoms with Gasteiger partial charge in [-0.1, -0.05) is 33.2 Å². The van der Waals surface area contributed by atoms with E-state index in [4.69, 9.17) is 9.26 Å². The number of hydrogen-bond donors (Lipinski definition) is 0. The van der Waals surface area contributed by atoms with E-state index >= 15 is 0 Å². The van der Waals surface area contributed by atoms with Crippen LogP contribution >= 0.6 is 15.9 Å². The van der Waals surface area contributed by atoms with Crippen LogP contribution in [0.4, 0.5) is 0 Å². The van der Waals surface area contributed by atoms with Crippen LogP contribution in [-0.4, -0.2) is 43.1 Å². The Balaban J connectivity index is 1.46. The van der Waals surface area contributed by atoms with Gasteiger partial charge in [0.05, 0.1) is 17.6 Å². The number of ether oxygens (including phenoxy) is 1. The number of nitrogens with zero attached hydrogens (tertiary/aromatic N) is 3. The largest absolute Gasteiger partial charge is 0.496 e. The maximum Gasteiger partial charge on any atom is 0.243 e. The molecule has 152 valence electrons. The molecule has 0 unspecified atom stereocenters. The first-order valence-electron chi connectivity index (χ1n) is 9.22. The molecule has 2 heterocycles. The molecule has 4 rings (SSSR count). The summed E-state index contributed by atoms with van der Waals surface area (Å²) in [6, 6.07) is 14.2. The van der Waals surface area contributed by atoms with Gasteiger partial charge in [-0.2, -0.15) is 9.29 Å².